The number of methoxy groups -OCH3 is 1. The summed E-state index contributed by atoms with van der Waals surface area (Å²) in [5.74, 6) is 0.743. The second-order valence-electron chi connectivity index (χ2n) is 5.78. The van der Waals surface area contributed by atoms with Crippen LogP contribution >= 0.6 is 0 Å². The molecule has 0 aliphatic heterocycles. The van der Waals surface area contributed by atoms with Crippen LogP contribution in [-0.2, 0) is 0 Å². The zero-order valence-electron chi connectivity index (χ0n) is 14.6. The van der Waals surface area contributed by atoms with Crippen molar-refractivity contribution < 1.29 is 9.53 Å². The van der Waals surface area contributed by atoms with E-state index in [4.69, 9.17) is 4.74 Å². The lowest BCUT2D eigenvalue weighted by molar-refractivity contribution is 0.251. The Kier molecular flexibility index (Phi) is 5.83. The number of rotatable bonds is 6. The van der Waals surface area contributed by atoms with Crippen LogP contribution in [-0.4, -0.2) is 24.7 Å². The number of amides is 2. The third kappa shape index (κ3) is 4.60. The van der Waals surface area contributed by atoms with Gasteiger partial charge in [-0.25, -0.2) is 4.79 Å². The number of hydrogen-bond donors (Lipinski definition) is 2. The molecule has 5 heteroatoms. The number of pyridine rings is 1. The zero-order chi connectivity index (χ0) is 18.2. The molecule has 0 radical (unpaired) electrons. The number of carbonyl (C=O) groups is 1. The molecule has 0 spiro atoms. The highest BCUT2D eigenvalue weighted by Gasteiger charge is 2.17. The van der Waals surface area contributed by atoms with Gasteiger partial charge in [0, 0.05) is 30.0 Å². The van der Waals surface area contributed by atoms with E-state index in [9.17, 15) is 4.79 Å². The molecule has 0 bridgehead atoms. The van der Waals surface area contributed by atoms with Crippen molar-refractivity contribution in [3.8, 4) is 5.75 Å². The fourth-order valence-corrected chi connectivity index (χ4v) is 2.70. The van der Waals surface area contributed by atoms with Crippen LogP contribution in [0.15, 0.2) is 79.0 Å². The van der Waals surface area contributed by atoms with E-state index in [2.05, 4.69) is 15.6 Å². The molecule has 3 rings (SSSR count). The standard InChI is InChI=1S/C21H21N3O2/c1-26-18-12-10-16(11-13-18)19(20-9-5-6-14-22-20)15-23-21(25)24-17-7-3-2-4-8-17/h2-14,19H,15H2,1H3,(H2,23,24,25). The molecular weight excluding hydrogens is 326 g/mol. The van der Waals surface area contributed by atoms with Crippen LogP contribution in [0.5, 0.6) is 5.75 Å². The van der Waals surface area contributed by atoms with Gasteiger partial charge in [0.2, 0.25) is 0 Å². The van der Waals surface area contributed by atoms with Gasteiger partial charge >= 0.3 is 6.03 Å². The number of benzene rings is 2. The van der Waals surface area contributed by atoms with Gasteiger partial charge in [-0.1, -0.05) is 36.4 Å². The number of nitrogens with one attached hydrogen (secondary N) is 2. The Labute approximate surface area is 153 Å². The Hall–Kier alpha value is -3.34. The van der Waals surface area contributed by atoms with Crippen molar-refractivity contribution in [2.45, 2.75) is 5.92 Å². The number of hydrogen-bond acceptors (Lipinski definition) is 3. The lowest BCUT2D eigenvalue weighted by atomic mass is 9.95. The van der Waals surface area contributed by atoms with Crippen molar-refractivity contribution in [1.82, 2.24) is 10.3 Å². The maximum Gasteiger partial charge on any atom is 0.319 e. The fourth-order valence-electron chi connectivity index (χ4n) is 2.70. The van der Waals surface area contributed by atoms with E-state index >= 15 is 0 Å². The molecule has 3 aromatic rings. The predicted molar refractivity (Wildman–Crippen MR) is 103 cm³/mol. The highest BCUT2D eigenvalue weighted by atomic mass is 16.5. The van der Waals surface area contributed by atoms with Gasteiger partial charge in [0.1, 0.15) is 5.75 Å². The van der Waals surface area contributed by atoms with E-state index in [0.717, 1.165) is 22.7 Å². The van der Waals surface area contributed by atoms with E-state index in [1.165, 1.54) is 0 Å². The van der Waals surface area contributed by atoms with Crippen LogP contribution in [0.4, 0.5) is 10.5 Å². The summed E-state index contributed by atoms with van der Waals surface area (Å²) in [6.07, 6.45) is 1.76. The highest BCUT2D eigenvalue weighted by Crippen LogP contribution is 2.24. The molecule has 1 atom stereocenters. The Bertz CT molecular complexity index is 821. The van der Waals surface area contributed by atoms with E-state index in [1.54, 1.807) is 13.3 Å². The van der Waals surface area contributed by atoms with E-state index in [0.29, 0.717) is 6.54 Å². The average molecular weight is 347 g/mol. The number of nitrogens with zero attached hydrogens (tertiary/aromatic N) is 1. The summed E-state index contributed by atoms with van der Waals surface area (Å²) in [7, 11) is 1.64. The molecule has 0 fully saturated rings. The zero-order valence-corrected chi connectivity index (χ0v) is 14.6. The third-order valence-corrected chi connectivity index (χ3v) is 4.06. The van der Waals surface area contributed by atoms with Crippen molar-refractivity contribution in [2.75, 3.05) is 19.0 Å². The van der Waals surface area contributed by atoms with Gasteiger partial charge in [-0.05, 0) is 42.0 Å². The Balaban J connectivity index is 1.72. The second-order valence-corrected chi connectivity index (χ2v) is 5.78. The van der Waals surface area contributed by atoms with Crippen LogP contribution in [0.1, 0.15) is 17.2 Å². The number of carbonyl (C=O) groups excluding carboxylic acids is 1. The van der Waals surface area contributed by atoms with Gasteiger partial charge in [0.15, 0.2) is 0 Å². The van der Waals surface area contributed by atoms with Crippen molar-refractivity contribution >= 4 is 11.7 Å². The Morgan fingerprint density at radius 1 is 1.00 bits per heavy atom. The SMILES string of the molecule is COc1ccc(C(CNC(=O)Nc2ccccc2)c2ccccn2)cc1. The van der Waals surface area contributed by atoms with Gasteiger partial charge in [-0.15, -0.1) is 0 Å². The predicted octanol–water partition coefficient (Wildman–Crippen LogP) is 4.04. The minimum absolute atomic E-state index is 0.0522. The second kappa shape index (κ2) is 8.67. The maximum absolute atomic E-state index is 12.2. The minimum atomic E-state index is -0.245. The van der Waals surface area contributed by atoms with Crippen LogP contribution in [0.3, 0.4) is 0 Å². The van der Waals surface area contributed by atoms with Gasteiger partial charge in [0.25, 0.3) is 0 Å². The third-order valence-electron chi connectivity index (χ3n) is 4.06. The highest BCUT2D eigenvalue weighted by molar-refractivity contribution is 5.89. The molecule has 1 heterocycles. The largest absolute Gasteiger partial charge is 0.497 e. The first kappa shape index (κ1) is 17.5. The topological polar surface area (TPSA) is 63.2 Å². The van der Waals surface area contributed by atoms with Crippen LogP contribution in [0.2, 0.25) is 0 Å². The summed E-state index contributed by atoms with van der Waals surface area (Å²) in [6.45, 7) is 0.433. The van der Waals surface area contributed by atoms with E-state index < -0.39 is 0 Å². The van der Waals surface area contributed by atoms with E-state index in [-0.39, 0.29) is 11.9 Å². The molecule has 5 nitrogen and oxygen atoms in total. The molecule has 132 valence electrons. The Morgan fingerprint density at radius 3 is 2.38 bits per heavy atom. The molecule has 1 unspecified atom stereocenters. The normalized spacial score (nSPS) is 11.4. The number of aromatic nitrogens is 1. The van der Waals surface area contributed by atoms with Crippen LogP contribution in [0.25, 0.3) is 0 Å². The van der Waals surface area contributed by atoms with E-state index in [1.807, 2.05) is 72.8 Å². The summed E-state index contributed by atoms with van der Waals surface area (Å²) in [4.78, 5) is 16.7. The summed E-state index contributed by atoms with van der Waals surface area (Å²) in [5.41, 5.74) is 2.71. The van der Waals surface area contributed by atoms with Crippen LogP contribution < -0.4 is 15.4 Å². The molecule has 26 heavy (non-hydrogen) atoms. The maximum atomic E-state index is 12.2. The fraction of sp³-hybridized carbons (Fsp3) is 0.143. The smallest absolute Gasteiger partial charge is 0.319 e. The molecule has 0 saturated carbocycles. The van der Waals surface area contributed by atoms with Crippen molar-refractivity contribution in [1.29, 1.82) is 0 Å². The van der Waals surface area contributed by atoms with Gasteiger partial charge in [0.05, 0.1) is 7.11 Å². The van der Waals surface area contributed by atoms with Crippen molar-refractivity contribution in [3.63, 3.8) is 0 Å². The quantitative estimate of drug-likeness (QED) is 0.707. The molecule has 0 aliphatic rings. The molecule has 0 saturated heterocycles. The minimum Gasteiger partial charge on any atom is -0.497 e. The first-order valence-corrected chi connectivity index (χ1v) is 8.41. The van der Waals surface area contributed by atoms with Crippen LogP contribution in [0, 0.1) is 0 Å². The number of anilines is 1. The lowest BCUT2D eigenvalue weighted by Crippen LogP contribution is -2.33. The number of para-hydroxylation sites is 1. The molecule has 2 aromatic carbocycles. The summed E-state index contributed by atoms with van der Waals surface area (Å²) in [6, 6.07) is 22.7. The number of ether oxygens (including phenoxy) is 1. The average Bonchev–Trinajstić information content (AvgIpc) is 2.70. The molecule has 2 amide bonds. The molecule has 1 aromatic heterocycles. The molecule has 0 aliphatic carbocycles. The molecular formula is C21H21N3O2. The lowest BCUT2D eigenvalue weighted by Gasteiger charge is -2.18. The summed E-state index contributed by atoms with van der Waals surface area (Å²) in [5, 5.41) is 5.76. The van der Waals surface area contributed by atoms with Gasteiger partial charge in [-0.3, -0.25) is 4.98 Å². The van der Waals surface area contributed by atoms with Crippen molar-refractivity contribution in [2.24, 2.45) is 0 Å². The van der Waals surface area contributed by atoms with Gasteiger partial charge in [-0.2, -0.15) is 0 Å². The monoisotopic (exact) mass is 347 g/mol. The summed E-state index contributed by atoms with van der Waals surface area (Å²) >= 11 is 0. The number of urea groups is 1. The summed E-state index contributed by atoms with van der Waals surface area (Å²) < 4.78 is 5.22. The first-order valence-electron chi connectivity index (χ1n) is 8.41. The Morgan fingerprint density at radius 2 is 1.73 bits per heavy atom. The van der Waals surface area contributed by atoms with Crippen molar-refractivity contribution in [3.05, 3.63) is 90.3 Å². The van der Waals surface area contributed by atoms with Gasteiger partial charge < -0.3 is 15.4 Å². The molecule has 2 N–H and O–H groups in total. The first-order chi connectivity index (χ1) is 12.8.